The number of hydrogen-bond acceptors (Lipinski definition) is 7. The molecule has 2 aromatic rings. The van der Waals surface area contributed by atoms with Crippen molar-refractivity contribution in [1.82, 2.24) is 9.97 Å². The van der Waals surface area contributed by atoms with Crippen LogP contribution in [0.25, 0.3) is 0 Å². The van der Waals surface area contributed by atoms with Gasteiger partial charge in [-0.3, -0.25) is 4.79 Å². The van der Waals surface area contributed by atoms with Gasteiger partial charge in [0.2, 0.25) is 5.82 Å². The zero-order chi connectivity index (χ0) is 18.9. The fourth-order valence-electron chi connectivity index (χ4n) is 2.61. The largest absolute Gasteiger partial charge is 0.481 e. The average Bonchev–Trinajstić information content (AvgIpc) is 2.94. The maximum absolute atomic E-state index is 13.0. The molecule has 2 atom stereocenters. The number of nitrogens with one attached hydrogen (secondary N) is 1. The second kappa shape index (κ2) is 6.83. The number of nitrogens with two attached hydrogens (primary N) is 1. The highest BCUT2D eigenvalue weighted by molar-refractivity contribution is 7.65. The van der Waals surface area contributed by atoms with Crippen molar-refractivity contribution in [2.24, 2.45) is 0 Å². The Morgan fingerprint density at radius 2 is 2.00 bits per heavy atom. The molecule has 11 heteroatoms. The third kappa shape index (κ3) is 3.29. The monoisotopic (exact) mass is 384 g/mol. The van der Waals surface area contributed by atoms with E-state index in [9.17, 15) is 22.2 Å². The number of nitrogen functional groups attached to an aromatic ring is 1. The van der Waals surface area contributed by atoms with Crippen LogP contribution < -0.4 is 16.0 Å². The van der Waals surface area contributed by atoms with Crippen LogP contribution in [-0.2, 0) is 27.2 Å². The Morgan fingerprint density at radius 3 is 2.58 bits per heavy atom. The number of carbonyl (C=O) groups excluding carboxylic acids is 1. The molecular formula is C15H13F3N5O2S+. The lowest BCUT2D eigenvalue weighted by Crippen LogP contribution is -2.36. The van der Waals surface area contributed by atoms with Gasteiger partial charge >= 0.3 is 23.1 Å². The average molecular weight is 384 g/mol. The summed E-state index contributed by atoms with van der Waals surface area (Å²) in [5.41, 5.74) is 6.73. The number of anilines is 3. The predicted molar refractivity (Wildman–Crippen MR) is 89.4 cm³/mol. The molecule has 0 amide bonds. The van der Waals surface area contributed by atoms with Gasteiger partial charge in [-0.2, -0.15) is 13.2 Å². The molecule has 2 unspecified atom stereocenters. The molecule has 7 nitrogen and oxygen atoms in total. The van der Waals surface area contributed by atoms with Gasteiger partial charge in [0.15, 0.2) is 24.1 Å². The molecule has 26 heavy (non-hydrogen) atoms. The molecule has 0 aliphatic carbocycles. The summed E-state index contributed by atoms with van der Waals surface area (Å²) < 4.78 is 50.1. The molecule has 0 radical (unpaired) electrons. The van der Waals surface area contributed by atoms with Crippen molar-refractivity contribution in [3.63, 3.8) is 0 Å². The van der Waals surface area contributed by atoms with Gasteiger partial charge in [0, 0.05) is 10.8 Å². The Bertz CT molecular complexity index is 834. The first-order valence-electron chi connectivity index (χ1n) is 7.40. The summed E-state index contributed by atoms with van der Waals surface area (Å²) in [6.07, 6.45) is -5.10. The van der Waals surface area contributed by atoms with Crippen molar-refractivity contribution >= 4 is 35.3 Å². The molecule has 2 heterocycles. The summed E-state index contributed by atoms with van der Waals surface area (Å²) in [5, 5.41) is 0.333. The highest BCUT2D eigenvalue weighted by atomic mass is 32.1. The fraction of sp³-hybridized carbons (Fsp3) is 0.267. The minimum atomic E-state index is -4.83. The van der Waals surface area contributed by atoms with E-state index in [0.29, 0.717) is 6.29 Å². The number of rotatable bonds is 5. The van der Waals surface area contributed by atoms with Crippen molar-refractivity contribution < 1.29 is 22.2 Å². The van der Waals surface area contributed by atoms with E-state index in [1.54, 1.807) is 24.3 Å². The molecule has 1 aromatic carbocycles. The molecule has 0 spiro atoms. The van der Waals surface area contributed by atoms with E-state index in [4.69, 9.17) is 5.73 Å². The maximum Gasteiger partial charge on any atom is 0.481 e. The van der Waals surface area contributed by atoms with E-state index in [2.05, 4.69) is 15.3 Å². The predicted octanol–water partition coefficient (Wildman–Crippen LogP) is 2.05. The van der Waals surface area contributed by atoms with Crippen molar-refractivity contribution in [3.8, 4) is 0 Å². The van der Waals surface area contributed by atoms with Crippen LogP contribution in [0.15, 0.2) is 30.3 Å². The second-order valence-electron chi connectivity index (χ2n) is 5.52. The van der Waals surface area contributed by atoms with Gasteiger partial charge in [0.1, 0.15) is 5.69 Å². The van der Waals surface area contributed by atoms with Crippen LogP contribution in [0.1, 0.15) is 16.6 Å². The lowest BCUT2D eigenvalue weighted by atomic mass is 10.2. The van der Waals surface area contributed by atoms with E-state index in [-0.39, 0.29) is 23.9 Å². The highest BCUT2D eigenvalue weighted by Crippen LogP contribution is 2.40. The number of carbonyl (C=O) groups is 1. The molecule has 0 saturated heterocycles. The Kier molecular flexibility index (Phi) is 4.72. The first kappa shape index (κ1) is 18.0. The topological polar surface area (TPSA) is 101 Å². The van der Waals surface area contributed by atoms with Gasteiger partial charge < -0.3 is 16.0 Å². The van der Waals surface area contributed by atoms with E-state index in [1.807, 2.05) is 6.07 Å². The minimum Gasteiger partial charge on any atom is -0.382 e. The zero-order valence-corrected chi connectivity index (χ0v) is 13.9. The Labute approximate surface area is 149 Å². The molecule has 1 aliphatic rings. The number of fused-ring (bicyclic) bond motifs is 1. The number of nitrogens with zero attached hydrogens (tertiary/aromatic N) is 3. The van der Waals surface area contributed by atoms with Gasteiger partial charge in [0.05, 0.1) is 0 Å². The molecule has 136 valence electrons. The van der Waals surface area contributed by atoms with Gasteiger partial charge in [-0.05, 0) is 5.56 Å². The maximum atomic E-state index is 13.0. The molecule has 0 bridgehead atoms. The van der Waals surface area contributed by atoms with Crippen molar-refractivity contribution in [2.75, 3.05) is 16.0 Å². The van der Waals surface area contributed by atoms with Gasteiger partial charge in [0.25, 0.3) is 0 Å². The minimum absolute atomic E-state index is 0.0525. The third-order valence-corrected chi connectivity index (χ3v) is 4.46. The van der Waals surface area contributed by atoms with E-state index < -0.39 is 35.1 Å². The number of hydrogen-bond donors (Lipinski definition) is 2. The Hall–Kier alpha value is -2.82. The molecular weight excluding hydrogens is 371 g/mol. The number of aromatic nitrogens is 2. The van der Waals surface area contributed by atoms with Crippen LogP contribution in [0.4, 0.5) is 30.5 Å². The lowest BCUT2D eigenvalue weighted by Gasteiger charge is -2.22. The van der Waals surface area contributed by atoms with Gasteiger partial charge in [-0.15, -0.1) is 0 Å². The van der Waals surface area contributed by atoms with E-state index in [1.165, 1.54) is 4.90 Å². The second-order valence-corrected chi connectivity index (χ2v) is 6.19. The van der Waals surface area contributed by atoms with E-state index in [0.717, 1.165) is 5.56 Å². The van der Waals surface area contributed by atoms with Crippen molar-refractivity contribution in [1.29, 1.82) is 0 Å². The zero-order valence-electron chi connectivity index (χ0n) is 13.1. The summed E-state index contributed by atoms with van der Waals surface area (Å²) in [5.74, 6) is -0.937. The van der Waals surface area contributed by atoms with Crippen LogP contribution in [0.2, 0.25) is 0 Å². The van der Waals surface area contributed by atoms with Crippen LogP contribution >= 0.6 is 0 Å². The molecule has 1 aliphatic heterocycles. The summed E-state index contributed by atoms with van der Waals surface area (Å²) in [6.45, 7) is 0.210. The standard InChI is InChI=1S/C15H13F3N5O2S/c16-15(17,18)11(26-25)13-21-12(19)10-14(22-13)23(9(7-24)20-10)6-8-4-2-1-3-5-8/h1-5,7,9,11,20H,6H2,(H2,19,21,22)/q+1. The summed E-state index contributed by atoms with van der Waals surface area (Å²) in [4.78, 5) is 20.4. The smallest absolute Gasteiger partial charge is 0.382 e. The van der Waals surface area contributed by atoms with Crippen LogP contribution in [0, 0.1) is 0 Å². The van der Waals surface area contributed by atoms with Crippen LogP contribution in [-0.4, -0.2) is 28.6 Å². The number of benzene rings is 1. The van der Waals surface area contributed by atoms with Crippen molar-refractivity contribution in [3.05, 3.63) is 41.7 Å². The molecule has 0 saturated carbocycles. The first-order chi connectivity index (χ1) is 12.3. The highest BCUT2D eigenvalue weighted by Gasteiger charge is 2.55. The van der Waals surface area contributed by atoms with Crippen LogP contribution in [0.3, 0.4) is 0 Å². The SMILES string of the molecule is Nc1nc(C([S+]=O)C(F)(F)F)nc2c1NC(C=O)N2Cc1ccccc1. The molecule has 0 fully saturated rings. The normalized spacial score (nSPS) is 17.3. The summed E-state index contributed by atoms with van der Waals surface area (Å²) in [6, 6.07) is 9.01. The summed E-state index contributed by atoms with van der Waals surface area (Å²) in [7, 11) is 0. The number of aldehydes is 1. The quantitative estimate of drug-likeness (QED) is 0.601. The molecule has 3 N–H and O–H groups in total. The third-order valence-electron chi connectivity index (χ3n) is 3.79. The van der Waals surface area contributed by atoms with Crippen molar-refractivity contribution in [2.45, 2.75) is 24.1 Å². The number of alkyl halides is 3. The number of halogens is 3. The Morgan fingerprint density at radius 1 is 1.31 bits per heavy atom. The lowest BCUT2D eigenvalue weighted by molar-refractivity contribution is -0.131. The fourth-order valence-corrected chi connectivity index (χ4v) is 2.91. The molecule has 3 rings (SSSR count). The summed E-state index contributed by atoms with van der Waals surface area (Å²) >= 11 is -0.668. The van der Waals surface area contributed by atoms with Gasteiger partial charge in [-0.1, -0.05) is 30.3 Å². The Balaban J connectivity index is 2.05. The van der Waals surface area contributed by atoms with E-state index >= 15 is 0 Å². The molecule has 1 aromatic heterocycles. The first-order valence-corrected chi connectivity index (χ1v) is 8.20. The van der Waals surface area contributed by atoms with Gasteiger partial charge in [-0.25, -0.2) is 9.97 Å². The van der Waals surface area contributed by atoms with Crippen LogP contribution in [0.5, 0.6) is 0 Å².